The van der Waals surface area contributed by atoms with Gasteiger partial charge in [0.1, 0.15) is 0 Å². The maximum absolute atomic E-state index is 12.8. The van der Waals surface area contributed by atoms with Gasteiger partial charge in [0.25, 0.3) is 0 Å². The zero-order valence-electron chi connectivity index (χ0n) is 12.9. The van der Waals surface area contributed by atoms with Crippen molar-refractivity contribution >= 4 is 21.8 Å². The molecule has 2 atom stereocenters. The number of H-pyrrole nitrogens is 1. The predicted molar refractivity (Wildman–Crippen MR) is 88.7 cm³/mol. The van der Waals surface area contributed by atoms with Gasteiger partial charge in [-0.05, 0) is 69.3 Å². The first-order chi connectivity index (χ1) is 10.6. The van der Waals surface area contributed by atoms with E-state index in [9.17, 15) is 4.79 Å². The van der Waals surface area contributed by atoms with Crippen molar-refractivity contribution in [2.24, 2.45) is 17.3 Å². The van der Waals surface area contributed by atoms with E-state index in [1.54, 1.807) is 6.20 Å². The lowest BCUT2D eigenvalue weighted by atomic mass is 9.49. The van der Waals surface area contributed by atoms with E-state index in [1.807, 2.05) is 6.07 Å². The third-order valence-electron chi connectivity index (χ3n) is 5.94. The molecule has 0 aromatic carbocycles. The molecule has 1 aromatic rings. The number of nitrogens with zero attached hydrogens (tertiary/aromatic N) is 1. The highest BCUT2D eigenvalue weighted by atomic mass is 79.9. The molecule has 4 bridgehead atoms. The molecular formula is C17H24BrN3O. The van der Waals surface area contributed by atoms with Crippen molar-refractivity contribution in [2.45, 2.75) is 55.7 Å². The minimum absolute atomic E-state index is 0.0818. The number of hydrogen-bond acceptors (Lipinski definition) is 2. The van der Waals surface area contributed by atoms with Crippen molar-refractivity contribution in [2.75, 3.05) is 6.54 Å². The van der Waals surface area contributed by atoms with Crippen molar-refractivity contribution in [3.8, 4) is 0 Å². The van der Waals surface area contributed by atoms with Crippen LogP contribution < -0.4 is 5.32 Å². The lowest BCUT2D eigenvalue weighted by molar-refractivity contribution is -0.144. The standard InChI is InChI=1S/C17H24BrN3O/c18-17-9-12-6-13(10-17)8-16(7-12,11-17)15(22)19-4-1-2-14-3-5-20-21-14/h3,5,12-13H,1-2,4,6-11H2,(H,19,22)(H,20,21)/t12-,13-,16?,17?/m1/s1. The molecule has 4 nitrogen and oxygen atoms in total. The predicted octanol–water partition coefficient (Wildman–Crippen LogP) is 3.19. The fourth-order valence-electron chi connectivity index (χ4n) is 5.51. The lowest BCUT2D eigenvalue weighted by Gasteiger charge is -2.59. The molecule has 0 unspecified atom stereocenters. The first-order valence-electron chi connectivity index (χ1n) is 8.52. The SMILES string of the molecule is O=C(NCCCc1ccn[nH]1)C12C[C@H]3C[C@@H](CC(Br)(C3)C1)C2. The van der Waals surface area contributed by atoms with Crippen molar-refractivity contribution < 1.29 is 4.79 Å². The van der Waals surface area contributed by atoms with E-state index in [0.29, 0.717) is 5.91 Å². The van der Waals surface area contributed by atoms with E-state index in [2.05, 4.69) is 31.4 Å². The number of aryl methyl sites for hydroxylation is 1. The Hall–Kier alpha value is -0.840. The van der Waals surface area contributed by atoms with Gasteiger partial charge in [0.05, 0.1) is 5.41 Å². The monoisotopic (exact) mass is 365 g/mol. The zero-order chi connectivity index (χ0) is 15.2. The summed E-state index contributed by atoms with van der Waals surface area (Å²) in [5, 5.41) is 10.1. The highest BCUT2D eigenvalue weighted by molar-refractivity contribution is 9.10. The number of nitrogens with one attached hydrogen (secondary N) is 2. The van der Waals surface area contributed by atoms with E-state index in [-0.39, 0.29) is 9.74 Å². The van der Waals surface area contributed by atoms with Gasteiger partial charge in [-0.3, -0.25) is 9.89 Å². The summed E-state index contributed by atoms with van der Waals surface area (Å²) in [4.78, 5) is 12.8. The van der Waals surface area contributed by atoms with Gasteiger partial charge in [-0.15, -0.1) is 0 Å². The second-order valence-corrected chi connectivity index (χ2v) is 9.52. The quantitative estimate of drug-likeness (QED) is 0.621. The maximum Gasteiger partial charge on any atom is 0.226 e. The molecule has 5 rings (SSSR count). The Balaban J connectivity index is 1.34. The van der Waals surface area contributed by atoms with Crippen LogP contribution >= 0.6 is 15.9 Å². The van der Waals surface area contributed by atoms with Gasteiger partial charge in [-0.25, -0.2) is 0 Å². The summed E-state index contributed by atoms with van der Waals surface area (Å²) in [6.07, 6.45) is 10.9. The molecule has 0 saturated heterocycles. The molecule has 0 radical (unpaired) electrons. The van der Waals surface area contributed by atoms with Crippen molar-refractivity contribution in [1.29, 1.82) is 0 Å². The van der Waals surface area contributed by atoms with Gasteiger partial charge in [0, 0.05) is 22.8 Å². The number of alkyl halides is 1. The molecule has 0 aliphatic heterocycles. The highest BCUT2D eigenvalue weighted by Crippen LogP contribution is 2.64. The van der Waals surface area contributed by atoms with Crippen LogP contribution in [-0.4, -0.2) is 27.0 Å². The number of amides is 1. The van der Waals surface area contributed by atoms with E-state index in [1.165, 1.54) is 19.3 Å². The fourth-order valence-corrected chi connectivity index (χ4v) is 6.96. The fraction of sp³-hybridized carbons (Fsp3) is 0.765. The molecular weight excluding hydrogens is 342 g/mol. The summed E-state index contributed by atoms with van der Waals surface area (Å²) in [7, 11) is 0. The molecule has 4 aliphatic rings. The van der Waals surface area contributed by atoms with E-state index in [0.717, 1.165) is 56.2 Å². The third kappa shape index (κ3) is 2.61. The van der Waals surface area contributed by atoms with Crippen molar-refractivity contribution in [3.63, 3.8) is 0 Å². The highest BCUT2D eigenvalue weighted by Gasteiger charge is 2.59. The largest absolute Gasteiger partial charge is 0.356 e. The summed E-state index contributed by atoms with van der Waals surface area (Å²) in [5.74, 6) is 1.84. The van der Waals surface area contributed by atoms with Gasteiger partial charge in [0.15, 0.2) is 0 Å². The van der Waals surface area contributed by atoms with Crippen LogP contribution in [0.15, 0.2) is 12.3 Å². The molecule has 5 heteroatoms. The van der Waals surface area contributed by atoms with E-state index in [4.69, 9.17) is 0 Å². The molecule has 1 amide bonds. The molecule has 2 N–H and O–H groups in total. The van der Waals surface area contributed by atoms with Crippen molar-refractivity contribution in [3.05, 3.63) is 18.0 Å². The molecule has 0 spiro atoms. The first kappa shape index (κ1) is 14.7. The average molecular weight is 366 g/mol. The van der Waals surface area contributed by atoms with Crippen LogP contribution in [-0.2, 0) is 11.2 Å². The molecule has 1 heterocycles. The second kappa shape index (κ2) is 5.36. The Kier molecular flexibility index (Phi) is 3.59. The lowest BCUT2D eigenvalue weighted by Crippen LogP contribution is -2.58. The van der Waals surface area contributed by atoms with Crippen LogP contribution in [0.2, 0.25) is 0 Å². The van der Waals surface area contributed by atoms with Crippen LogP contribution in [0.3, 0.4) is 0 Å². The number of rotatable bonds is 5. The van der Waals surface area contributed by atoms with Crippen LogP contribution in [0.25, 0.3) is 0 Å². The average Bonchev–Trinajstić information content (AvgIpc) is 2.93. The molecule has 1 aromatic heterocycles. The molecule has 4 saturated carbocycles. The summed E-state index contributed by atoms with van der Waals surface area (Å²) < 4.78 is 0.254. The van der Waals surface area contributed by atoms with Crippen LogP contribution in [0.5, 0.6) is 0 Å². The molecule has 4 aliphatic carbocycles. The molecule has 4 fully saturated rings. The van der Waals surface area contributed by atoms with Crippen molar-refractivity contribution in [1.82, 2.24) is 15.5 Å². The summed E-state index contributed by atoms with van der Waals surface area (Å²) in [5.41, 5.74) is 1.06. The Morgan fingerprint density at radius 1 is 1.36 bits per heavy atom. The van der Waals surface area contributed by atoms with E-state index < -0.39 is 0 Å². The number of halogens is 1. The van der Waals surface area contributed by atoms with Gasteiger partial charge in [-0.2, -0.15) is 5.10 Å². The van der Waals surface area contributed by atoms with Gasteiger partial charge in [-0.1, -0.05) is 15.9 Å². The van der Waals surface area contributed by atoms with Crippen LogP contribution in [0.1, 0.15) is 50.6 Å². The molecule has 22 heavy (non-hydrogen) atoms. The number of carbonyl (C=O) groups is 1. The number of aromatic nitrogens is 2. The topological polar surface area (TPSA) is 57.8 Å². The number of aromatic amines is 1. The van der Waals surface area contributed by atoms with Gasteiger partial charge in [0.2, 0.25) is 5.91 Å². The van der Waals surface area contributed by atoms with E-state index >= 15 is 0 Å². The van der Waals surface area contributed by atoms with Gasteiger partial charge >= 0.3 is 0 Å². The van der Waals surface area contributed by atoms with Crippen LogP contribution in [0.4, 0.5) is 0 Å². The first-order valence-corrected chi connectivity index (χ1v) is 9.32. The summed E-state index contributed by atoms with van der Waals surface area (Å²) in [6.45, 7) is 0.768. The number of hydrogen-bond donors (Lipinski definition) is 2. The summed E-state index contributed by atoms with van der Waals surface area (Å²) in [6, 6.07) is 2.00. The Morgan fingerprint density at radius 2 is 2.14 bits per heavy atom. The minimum Gasteiger partial charge on any atom is -0.356 e. The maximum atomic E-state index is 12.8. The normalized spacial score (nSPS) is 39.1. The second-order valence-electron chi connectivity index (χ2n) is 7.83. The Labute approximate surface area is 139 Å². The molecule has 120 valence electrons. The Bertz CT molecular complexity index is 542. The third-order valence-corrected chi connectivity index (χ3v) is 6.87. The summed E-state index contributed by atoms with van der Waals surface area (Å²) >= 11 is 3.98. The smallest absolute Gasteiger partial charge is 0.226 e. The minimum atomic E-state index is -0.0818. The number of carbonyl (C=O) groups excluding carboxylic acids is 1. The van der Waals surface area contributed by atoms with Gasteiger partial charge < -0.3 is 5.32 Å². The zero-order valence-corrected chi connectivity index (χ0v) is 14.5. The van der Waals surface area contributed by atoms with Crippen LogP contribution in [0, 0.1) is 17.3 Å². The Morgan fingerprint density at radius 3 is 2.77 bits per heavy atom.